The van der Waals surface area contributed by atoms with Gasteiger partial charge in [-0.1, -0.05) is 6.42 Å². The Kier molecular flexibility index (Phi) is 9.15. The molecule has 4 heterocycles. The first-order chi connectivity index (χ1) is 17.8. The average Bonchev–Trinajstić information content (AvgIpc) is 2.87. The van der Waals surface area contributed by atoms with Gasteiger partial charge in [0.1, 0.15) is 12.7 Å². The van der Waals surface area contributed by atoms with Crippen LogP contribution in [-0.2, 0) is 25.7 Å². The van der Waals surface area contributed by atoms with Gasteiger partial charge in [-0.25, -0.2) is 0 Å². The zero-order valence-corrected chi connectivity index (χ0v) is 21.8. The first-order valence-electron chi connectivity index (χ1n) is 13.5. The van der Waals surface area contributed by atoms with Gasteiger partial charge in [0.15, 0.2) is 0 Å². The van der Waals surface area contributed by atoms with Crippen molar-refractivity contribution in [3.05, 3.63) is 30.1 Å². The molecule has 3 fully saturated rings. The molecule has 10 heteroatoms. The minimum atomic E-state index is -1.21. The van der Waals surface area contributed by atoms with E-state index in [2.05, 4.69) is 9.88 Å². The molecule has 0 radical (unpaired) electrons. The minimum Gasteiger partial charge on any atom is -0.462 e. The van der Waals surface area contributed by atoms with Crippen molar-refractivity contribution in [2.75, 3.05) is 45.9 Å². The molecular weight excluding hydrogens is 476 g/mol. The normalized spacial score (nSPS) is 26.4. The van der Waals surface area contributed by atoms with Crippen molar-refractivity contribution in [3.8, 4) is 0 Å². The first-order valence-corrected chi connectivity index (χ1v) is 13.5. The third kappa shape index (κ3) is 6.86. The highest BCUT2D eigenvalue weighted by Crippen LogP contribution is 2.39. The van der Waals surface area contributed by atoms with E-state index in [9.17, 15) is 24.6 Å². The van der Waals surface area contributed by atoms with E-state index >= 15 is 0 Å². The summed E-state index contributed by atoms with van der Waals surface area (Å²) in [5, 5.41) is 20.9. The monoisotopic (exact) mass is 516 g/mol. The lowest BCUT2D eigenvalue weighted by atomic mass is 9.74. The van der Waals surface area contributed by atoms with Crippen LogP contribution < -0.4 is 0 Å². The molecule has 0 bridgehead atoms. The van der Waals surface area contributed by atoms with Crippen LogP contribution in [0.5, 0.6) is 0 Å². The van der Waals surface area contributed by atoms with Crippen LogP contribution in [0, 0.1) is 11.3 Å². The fourth-order valence-electron chi connectivity index (χ4n) is 5.60. The highest BCUT2D eigenvalue weighted by Gasteiger charge is 2.43. The number of cyclic esters (lactones) is 1. The van der Waals surface area contributed by atoms with Gasteiger partial charge in [0, 0.05) is 52.0 Å². The Morgan fingerprint density at radius 2 is 1.70 bits per heavy atom. The molecule has 2 amide bonds. The van der Waals surface area contributed by atoms with Crippen molar-refractivity contribution < 1.29 is 29.3 Å². The number of piperidine rings is 1. The number of amides is 2. The van der Waals surface area contributed by atoms with Gasteiger partial charge in [0.05, 0.1) is 17.4 Å². The highest BCUT2D eigenvalue weighted by molar-refractivity contribution is 5.83. The Morgan fingerprint density at radius 1 is 1.00 bits per heavy atom. The summed E-state index contributed by atoms with van der Waals surface area (Å²) in [5.74, 6) is -0.564. The van der Waals surface area contributed by atoms with Crippen LogP contribution in [0.1, 0.15) is 51.0 Å². The molecule has 3 aliphatic heterocycles. The van der Waals surface area contributed by atoms with Crippen LogP contribution in [-0.4, -0.2) is 106 Å². The van der Waals surface area contributed by atoms with Crippen LogP contribution in [0.2, 0.25) is 0 Å². The van der Waals surface area contributed by atoms with Gasteiger partial charge in [-0.2, -0.15) is 0 Å². The van der Waals surface area contributed by atoms with Gasteiger partial charge in [0.2, 0.25) is 11.8 Å². The number of ether oxygens (including phenoxy) is 1. The number of carbonyl (C=O) groups excluding carboxylic acids is 3. The second-order valence-electron chi connectivity index (χ2n) is 10.8. The summed E-state index contributed by atoms with van der Waals surface area (Å²) in [6.45, 7) is 5.27. The maximum Gasteiger partial charge on any atom is 0.312 e. The van der Waals surface area contributed by atoms with Crippen LogP contribution in [0.15, 0.2) is 24.5 Å². The number of hydrogen-bond donors (Lipinski definition) is 2. The molecule has 1 aromatic rings. The standard InChI is InChI=1S/C27H40N4O6/c1-20(32)31-17-22(18-31)25(35)30-12-3-2-7-27(26(36)37-19-24(34)23(33)6-13-30)8-14-29(15-9-27)16-21-4-10-28-11-5-21/h4-5,10-11,22-24,33-34H,2-3,6-9,12-19H2,1H3/t23-,24+/m0/s1. The van der Waals surface area contributed by atoms with Crippen molar-refractivity contribution in [1.82, 2.24) is 19.7 Å². The second kappa shape index (κ2) is 12.3. The SMILES string of the molecule is CC(=O)N1CC(C(=O)N2CCCCC3(CCN(Cc4ccncc4)CC3)C(=O)OC[C@@H](O)[C@@H](O)CC2)C1. The largest absolute Gasteiger partial charge is 0.462 e. The molecular formula is C27H40N4O6. The van der Waals surface area contributed by atoms with Gasteiger partial charge < -0.3 is 24.7 Å². The van der Waals surface area contributed by atoms with Gasteiger partial charge in [-0.15, -0.1) is 0 Å². The van der Waals surface area contributed by atoms with Crippen LogP contribution >= 0.6 is 0 Å². The molecule has 3 aliphatic rings. The summed E-state index contributed by atoms with van der Waals surface area (Å²) in [6.07, 6.45) is 4.97. The lowest BCUT2D eigenvalue weighted by molar-refractivity contribution is -0.165. The number of esters is 1. The van der Waals surface area contributed by atoms with E-state index in [-0.39, 0.29) is 36.7 Å². The fraction of sp³-hybridized carbons (Fsp3) is 0.704. The number of pyridine rings is 1. The van der Waals surface area contributed by atoms with E-state index in [0.29, 0.717) is 45.4 Å². The predicted molar refractivity (Wildman–Crippen MR) is 135 cm³/mol. The Labute approximate surface area is 218 Å². The van der Waals surface area contributed by atoms with E-state index in [4.69, 9.17) is 4.74 Å². The van der Waals surface area contributed by atoms with Gasteiger partial charge in [-0.05, 0) is 62.9 Å². The van der Waals surface area contributed by atoms with E-state index in [1.807, 2.05) is 12.1 Å². The number of aliphatic hydroxyl groups excluding tert-OH is 2. The lowest BCUT2D eigenvalue weighted by Gasteiger charge is -2.41. The van der Waals surface area contributed by atoms with Crippen molar-refractivity contribution in [2.45, 2.75) is 64.2 Å². The van der Waals surface area contributed by atoms with Gasteiger partial charge in [-0.3, -0.25) is 24.3 Å². The topological polar surface area (TPSA) is 124 Å². The third-order valence-corrected chi connectivity index (χ3v) is 8.25. The summed E-state index contributed by atoms with van der Waals surface area (Å²) in [6, 6.07) is 4.00. The first kappa shape index (κ1) is 27.5. The molecule has 0 saturated carbocycles. The van der Waals surface area contributed by atoms with Crippen LogP contribution in [0.4, 0.5) is 0 Å². The smallest absolute Gasteiger partial charge is 0.312 e. The molecule has 0 aromatic carbocycles. The third-order valence-electron chi connectivity index (χ3n) is 8.25. The zero-order valence-electron chi connectivity index (χ0n) is 21.8. The average molecular weight is 517 g/mol. The summed E-state index contributed by atoms with van der Waals surface area (Å²) < 4.78 is 5.56. The van der Waals surface area contributed by atoms with Crippen molar-refractivity contribution in [3.63, 3.8) is 0 Å². The molecule has 204 valence electrons. The van der Waals surface area contributed by atoms with E-state index in [1.54, 1.807) is 22.2 Å². The molecule has 1 spiro atoms. The summed E-state index contributed by atoms with van der Waals surface area (Å²) in [4.78, 5) is 47.7. The van der Waals surface area contributed by atoms with Crippen molar-refractivity contribution >= 4 is 17.8 Å². The molecule has 1 aromatic heterocycles. The number of likely N-dealkylation sites (tertiary alicyclic amines) is 2. The molecule has 3 saturated heterocycles. The second-order valence-corrected chi connectivity index (χ2v) is 10.8. The number of carbonyl (C=O) groups is 3. The minimum absolute atomic E-state index is 0.0134. The fourth-order valence-corrected chi connectivity index (χ4v) is 5.60. The summed E-state index contributed by atoms with van der Waals surface area (Å²) >= 11 is 0. The quantitative estimate of drug-likeness (QED) is 0.566. The van der Waals surface area contributed by atoms with E-state index in [1.165, 1.54) is 12.5 Å². The maximum atomic E-state index is 13.3. The predicted octanol–water partition coefficient (Wildman–Crippen LogP) is 0.810. The molecule has 37 heavy (non-hydrogen) atoms. The molecule has 2 N–H and O–H groups in total. The van der Waals surface area contributed by atoms with Gasteiger partial charge >= 0.3 is 5.97 Å². The molecule has 0 aliphatic carbocycles. The Morgan fingerprint density at radius 3 is 2.38 bits per heavy atom. The molecule has 0 unspecified atom stereocenters. The zero-order chi connectivity index (χ0) is 26.4. The number of hydrogen-bond acceptors (Lipinski definition) is 8. The van der Waals surface area contributed by atoms with Gasteiger partial charge in [0.25, 0.3) is 0 Å². The Hall–Kier alpha value is -2.56. The maximum absolute atomic E-state index is 13.3. The lowest BCUT2D eigenvalue weighted by Crippen LogP contribution is -2.56. The number of nitrogens with zero attached hydrogens (tertiary/aromatic N) is 4. The molecule has 4 rings (SSSR count). The number of rotatable bonds is 3. The number of aromatic nitrogens is 1. The summed E-state index contributed by atoms with van der Waals surface area (Å²) in [7, 11) is 0. The molecule has 2 atom stereocenters. The van der Waals surface area contributed by atoms with E-state index in [0.717, 1.165) is 32.5 Å². The van der Waals surface area contributed by atoms with Crippen LogP contribution in [0.25, 0.3) is 0 Å². The van der Waals surface area contributed by atoms with E-state index < -0.39 is 17.6 Å². The van der Waals surface area contributed by atoms with Crippen molar-refractivity contribution in [2.24, 2.45) is 11.3 Å². The Balaban J connectivity index is 1.38. The number of aliphatic hydroxyl groups is 2. The summed E-state index contributed by atoms with van der Waals surface area (Å²) in [5.41, 5.74) is 0.557. The molecule has 10 nitrogen and oxygen atoms in total. The van der Waals surface area contributed by atoms with Crippen molar-refractivity contribution in [1.29, 1.82) is 0 Å². The Bertz CT molecular complexity index is 930. The highest BCUT2D eigenvalue weighted by atomic mass is 16.5. The van der Waals surface area contributed by atoms with Crippen LogP contribution in [0.3, 0.4) is 0 Å².